The summed E-state index contributed by atoms with van der Waals surface area (Å²) in [6, 6.07) is 5.21. The summed E-state index contributed by atoms with van der Waals surface area (Å²) < 4.78 is 5.55. The summed E-state index contributed by atoms with van der Waals surface area (Å²) in [5.41, 5.74) is 6.72. The van der Waals surface area contributed by atoms with Crippen molar-refractivity contribution >= 4 is 11.5 Å². The second-order valence-corrected chi connectivity index (χ2v) is 4.34. The summed E-state index contributed by atoms with van der Waals surface area (Å²) in [6.07, 6.45) is 1.000. The summed E-state index contributed by atoms with van der Waals surface area (Å²) in [5.74, 6) is 1.29. The van der Waals surface area contributed by atoms with Gasteiger partial charge in [-0.2, -0.15) is 0 Å². The summed E-state index contributed by atoms with van der Waals surface area (Å²) in [7, 11) is 0. The van der Waals surface area contributed by atoms with Crippen molar-refractivity contribution in [3.63, 3.8) is 0 Å². The molecule has 0 bridgehead atoms. The van der Waals surface area contributed by atoms with Crippen molar-refractivity contribution in [2.24, 2.45) is 5.92 Å². The summed E-state index contributed by atoms with van der Waals surface area (Å²) in [4.78, 5) is 11.3. The molecular weight excluding hydrogens is 202 g/mol. The average molecular weight is 221 g/mol. The lowest BCUT2D eigenvalue weighted by Gasteiger charge is -2.10. The maximum atomic E-state index is 11.3. The van der Waals surface area contributed by atoms with E-state index in [-0.39, 0.29) is 5.78 Å². The van der Waals surface area contributed by atoms with Crippen LogP contribution in [0.2, 0.25) is 0 Å². The molecule has 1 aromatic rings. The normalized spacial score (nSPS) is 10.5. The lowest BCUT2D eigenvalue weighted by molar-refractivity contribution is 0.101. The molecule has 2 N–H and O–H groups in total. The van der Waals surface area contributed by atoms with Crippen LogP contribution in [-0.4, -0.2) is 12.4 Å². The Hall–Kier alpha value is -1.51. The molecule has 0 aliphatic heterocycles. The molecule has 0 aliphatic carbocycles. The van der Waals surface area contributed by atoms with E-state index in [4.69, 9.17) is 10.5 Å². The third-order valence-corrected chi connectivity index (χ3v) is 2.37. The number of rotatable bonds is 5. The van der Waals surface area contributed by atoms with Crippen LogP contribution in [0.1, 0.15) is 37.6 Å². The van der Waals surface area contributed by atoms with Crippen LogP contribution in [0.3, 0.4) is 0 Å². The fourth-order valence-electron chi connectivity index (χ4n) is 1.34. The van der Waals surface area contributed by atoms with Gasteiger partial charge in [0.1, 0.15) is 5.75 Å². The second kappa shape index (κ2) is 5.54. The lowest BCUT2D eigenvalue weighted by atomic mass is 10.1. The molecule has 88 valence electrons. The molecule has 1 rings (SSSR count). The van der Waals surface area contributed by atoms with E-state index in [1.807, 2.05) is 0 Å². The van der Waals surface area contributed by atoms with E-state index in [1.165, 1.54) is 6.92 Å². The highest BCUT2D eigenvalue weighted by Crippen LogP contribution is 2.20. The van der Waals surface area contributed by atoms with Gasteiger partial charge in [0.25, 0.3) is 0 Å². The van der Waals surface area contributed by atoms with Gasteiger partial charge in [-0.25, -0.2) is 0 Å². The van der Waals surface area contributed by atoms with Gasteiger partial charge in [-0.3, -0.25) is 4.79 Å². The van der Waals surface area contributed by atoms with Gasteiger partial charge in [0, 0.05) is 11.3 Å². The van der Waals surface area contributed by atoms with Gasteiger partial charge < -0.3 is 10.5 Å². The molecule has 0 aliphatic rings. The molecule has 0 spiro atoms. The monoisotopic (exact) mass is 221 g/mol. The molecular formula is C13H19NO2. The quantitative estimate of drug-likeness (QED) is 0.614. The van der Waals surface area contributed by atoms with Crippen LogP contribution >= 0.6 is 0 Å². The van der Waals surface area contributed by atoms with Crippen molar-refractivity contribution in [1.29, 1.82) is 0 Å². The Labute approximate surface area is 96.6 Å². The number of nitrogens with two attached hydrogens (primary N) is 1. The first-order valence-electron chi connectivity index (χ1n) is 5.54. The number of hydrogen-bond acceptors (Lipinski definition) is 3. The minimum Gasteiger partial charge on any atom is -0.494 e. The number of carbonyl (C=O) groups is 1. The zero-order valence-electron chi connectivity index (χ0n) is 10.1. The Balaban J connectivity index is 2.68. The number of ether oxygens (including phenoxy) is 1. The minimum absolute atomic E-state index is 0.0354. The van der Waals surface area contributed by atoms with Crippen LogP contribution in [-0.2, 0) is 0 Å². The van der Waals surface area contributed by atoms with Crippen molar-refractivity contribution in [2.45, 2.75) is 27.2 Å². The molecule has 0 saturated carbocycles. The standard InChI is InChI=1S/C13H19NO2/c1-9(2)6-7-16-11-4-5-13(14)12(8-11)10(3)15/h4-5,8-9H,6-7,14H2,1-3H3. The van der Waals surface area contributed by atoms with E-state index in [0.29, 0.717) is 29.5 Å². The van der Waals surface area contributed by atoms with Gasteiger partial charge in [-0.1, -0.05) is 13.8 Å². The number of benzene rings is 1. The summed E-state index contributed by atoms with van der Waals surface area (Å²) in [5, 5.41) is 0. The molecule has 1 aromatic carbocycles. The van der Waals surface area contributed by atoms with Crippen molar-refractivity contribution < 1.29 is 9.53 Å². The van der Waals surface area contributed by atoms with Gasteiger partial charge in [0.2, 0.25) is 0 Å². The number of nitrogen functional groups attached to an aromatic ring is 1. The van der Waals surface area contributed by atoms with Gasteiger partial charge >= 0.3 is 0 Å². The molecule has 0 saturated heterocycles. The van der Waals surface area contributed by atoms with E-state index >= 15 is 0 Å². The van der Waals surface area contributed by atoms with Crippen LogP contribution in [0.15, 0.2) is 18.2 Å². The van der Waals surface area contributed by atoms with Crippen LogP contribution in [0.5, 0.6) is 5.75 Å². The van der Waals surface area contributed by atoms with Crippen LogP contribution < -0.4 is 10.5 Å². The Morgan fingerprint density at radius 3 is 2.69 bits per heavy atom. The van der Waals surface area contributed by atoms with Gasteiger partial charge in [0.15, 0.2) is 5.78 Å². The molecule has 0 amide bonds. The zero-order chi connectivity index (χ0) is 12.1. The molecule has 0 heterocycles. The second-order valence-electron chi connectivity index (χ2n) is 4.34. The predicted molar refractivity (Wildman–Crippen MR) is 65.8 cm³/mol. The Bertz CT molecular complexity index is 372. The van der Waals surface area contributed by atoms with Crippen molar-refractivity contribution in [2.75, 3.05) is 12.3 Å². The molecule has 0 fully saturated rings. The van der Waals surface area contributed by atoms with E-state index in [1.54, 1.807) is 18.2 Å². The highest BCUT2D eigenvalue weighted by Gasteiger charge is 2.06. The first-order chi connectivity index (χ1) is 7.50. The van der Waals surface area contributed by atoms with Crippen LogP contribution in [0.25, 0.3) is 0 Å². The fraction of sp³-hybridized carbons (Fsp3) is 0.462. The summed E-state index contributed by atoms with van der Waals surface area (Å²) >= 11 is 0. The van der Waals surface area contributed by atoms with E-state index in [2.05, 4.69) is 13.8 Å². The number of ketones is 1. The number of carbonyl (C=O) groups excluding carboxylic acids is 1. The first-order valence-corrected chi connectivity index (χ1v) is 5.54. The average Bonchev–Trinajstić information content (AvgIpc) is 2.19. The van der Waals surface area contributed by atoms with Crippen molar-refractivity contribution in [3.05, 3.63) is 23.8 Å². The molecule has 0 atom stereocenters. The van der Waals surface area contributed by atoms with E-state index < -0.39 is 0 Å². The van der Waals surface area contributed by atoms with E-state index in [0.717, 1.165) is 6.42 Å². The number of Topliss-reactive ketones (excluding diaryl/α,β-unsaturated/α-hetero) is 1. The number of hydrogen-bond donors (Lipinski definition) is 1. The molecule has 0 radical (unpaired) electrons. The SMILES string of the molecule is CC(=O)c1cc(OCCC(C)C)ccc1N. The van der Waals surface area contributed by atoms with E-state index in [9.17, 15) is 4.79 Å². The third-order valence-electron chi connectivity index (χ3n) is 2.37. The van der Waals surface area contributed by atoms with Gasteiger partial charge in [0.05, 0.1) is 6.61 Å². The smallest absolute Gasteiger partial charge is 0.162 e. The fourth-order valence-corrected chi connectivity index (χ4v) is 1.34. The Morgan fingerprint density at radius 2 is 2.12 bits per heavy atom. The first kappa shape index (κ1) is 12.6. The molecule has 3 nitrogen and oxygen atoms in total. The molecule has 3 heteroatoms. The van der Waals surface area contributed by atoms with Crippen molar-refractivity contribution in [1.82, 2.24) is 0 Å². The molecule has 0 aromatic heterocycles. The van der Waals surface area contributed by atoms with Crippen molar-refractivity contribution in [3.8, 4) is 5.75 Å². The Kier molecular flexibility index (Phi) is 4.35. The molecule has 0 unspecified atom stereocenters. The topological polar surface area (TPSA) is 52.3 Å². The maximum Gasteiger partial charge on any atom is 0.162 e. The van der Waals surface area contributed by atoms with Gasteiger partial charge in [-0.15, -0.1) is 0 Å². The van der Waals surface area contributed by atoms with Gasteiger partial charge in [-0.05, 0) is 37.5 Å². The molecule has 16 heavy (non-hydrogen) atoms. The number of anilines is 1. The predicted octanol–water partition coefficient (Wildman–Crippen LogP) is 2.90. The van der Waals surface area contributed by atoms with Crippen LogP contribution in [0, 0.1) is 5.92 Å². The third kappa shape index (κ3) is 3.57. The highest BCUT2D eigenvalue weighted by atomic mass is 16.5. The summed E-state index contributed by atoms with van der Waals surface area (Å²) in [6.45, 7) is 6.46. The maximum absolute atomic E-state index is 11.3. The van der Waals surface area contributed by atoms with Crippen LogP contribution in [0.4, 0.5) is 5.69 Å². The lowest BCUT2D eigenvalue weighted by Crippen LogP contribution is -2.04. The zero-order valence-corrected chi connectivity index (χ0v) is 10.1. The highest BCUT2D eigenvalue weighted by molar-refractivity contribution is 5.99. The Morgan fingerprint density at radius 1 is 1.44 bits per heavy atom. The minimum atomic E-state index is -0.0354. The largest absolute Gasteiger partial charge is 0.494 e.